The van der Waals surface area contributed by atoms with Gasteiger partial charge in [-0.25, -0.2) is 9.97 Å². The third-order valence-corrected chi connectivity index (χ3v) is 2.93. The number of aromatic nitrogens is 2. The number of nitrogens with two attached hydrogens (primary N) is 1. The van der Waals surface area contributed by atoms with Crippen molar-refractivity contribution < 1.29 is 9.47 Å². The van der Waals surface area contributed by atoms with Crippen molar-refractivity contribution in [1.29, 1.82) is 0 Å². The molecule has 0 radical (unpaired) electrons. The number of rotatable bonds is 5. The zero-order chi connectivity index (χ0) is 14.7. The molecule has 0 unspecified atom stereocenters. The SMILES string of the molecule is C=CCNc1ncnc(Nc2ccc3c(c2)OCO3)c1N. The summed E-state index contributed by atoms with van der Waals surface area (Å²) in [6.45, 7) is 4.45. The number of hydrogen-bond donors (Lipinski definition) is 3. The van der Waals surface area contributed by atoms with Gasteiger partial charge in [0.15, 0.2) is 23.1 Å². The lowest BCUT2D eigenvalue weighted by Gasteiger charge is -2.12. The second-order valence-electron chi connectivity index (χ2n) is 4.35. The Bertz CT molecular complexity index is 674. The third-order valence-electron chi connectivity index (χ3n) is 2.93. The van der Waals surface area contributed by atoms with E-state index in [0.717, 1.165) is 11.4 Å². The van der Waals surface area contributed by atoms with Crippen LogP contribution in [0.3, 0.4) is 0 Å². The van der Waals surface area contributed by atoms with Gasteiger partial charge in [0.1, 0.15) is 12.0 Å². The van der Waals surface area contributed by atoms with Gasteiger partial charge in [0.25, 0.3) is 0 Å². The highest BCUT2D eigenvalue weighted by Gasteiger charge is 2.14. The highest BCUT2D eigenvalue weighted by Crippen LogP contribution is 2.35. The first kappa shape index (κ1) is 13.0. The topological polar surface area (TPSA) is 94.3 Å². The monoisotopic (exact) mass is 285 g/mol. The molecule has 0 saturated heterocycles. The molecule has 7 nitrogen and oxygen atoms in total. The standard InChI is InChI=1S/C14H15N5O2/c1-2-5-16-13-12(15)14(18-7-17-13)19-9-3-4-10-11(6-9)21-8-20-10/h2-4,6-7H,1,5,8,15H2,(H2,16,17,18,19). The minimum atomic E-state index is 0.240. The molecule has 1 aliphatic rings. The minimum absolute atomic E-state index is 0.240. The van der Waals surface area contributed by atoms with Crippen molar-refractivity contribution in [2.24, 2.45) is 0 Å². The van der Waals surface area contributed by atoms with Gasteiger partial charge in [-0.2, -0.15) is 0 Å². The Morgan fingerprint density at radius 2 is 2.05 bits per heavy atom. The quantitative estimate of drug-likeness (QED) is 0.724. The van der Waals surface area contributed by atoms with Gasteiger partial charge in [0.05, 0.1) is 0 Å². The van der Waals surface area contributed by atoms with Gasteiger partial charge in [-0.3, -0.25) is 0 Å². The van der Waals surface area contributed by atoms with E-state index in [1.165, 1.54) is 6.33 Å². The van der Waals surface area contributed by atoms with Gasteiger partial charge < -0.3 is 25.8 Å². The second kappa shape index (κ2) is 5.58. The van der Waals surface area contributed by atoms with Crippen LogP contribution < -0.4 is 25.8 Å². The van der Waals surface area contributed by atoms with Gasteiger partial charge in [0, 0.05) is 18.3 Å². The maximum Gasteiger partial charge on any atom is 0.231 e. The van der Waals surface area contributed by atoms with E-state index in [1.807, 2.05) is 18.2 Å². The molecule has 108 valence electrons. The molecular weight excluding hydrogens is 270 g/mol. The van der Waals surface area contributed by atoms with E-state index < -0.39 is 0 Å². The molecular formula is C14H15N5O2. The van der Waals surface area contributed by atoms with E-state index in [2.05, 4.69) is 27.2 Å². The van der Waals surface area contributed by atoms with Crippen LogP contribution >= 0.6 is 0 Å². The molecule has 1 aromatic carbocycles. The molecule has 0 aliphatic carbocycles. The zero-order valence-corrected chi connectivity index (χ0v) is 11.3. The summed E-state index contributed by atoms with van der Waals surface area (Å²) in [5.41, 5.74) is 7.29. The Morgan fingerprint density at radius 1 is 1.24 bits per heavy atom. The number of fused-ring (bicyclic) bond motifs is 1. The van der Waals surface area contributed by atoms with Gasteiger partial charge in [-0.15, -0.1) is 6.58 Å². The normalized spacial score (nSPS) is 12.0. The number of nitrogens with zero attached hydrogens (tertiary/aromatic N) is 2. The summed E-state index contributed by atoms with van der Waals surface area (Å²) in [6, 6.07) is 5.53. The Kier molecular flexibility index (Phi) is 3.46. The highest BCUT2D eigenvalue weighted by molar-refractivity contribution is 5.78. The van der Waals surface area contributed by atoms with Gasteiger partial charge in [-0.05, 0) is 12.1 Å². The maximum absolute atomic E-state index is 6.04. The number of benzene rings is 1. The highest BCUT2D eigenvalue weighted by atomic mass is 16.7. The summed E-state index contributed by atoms with van der Waals surface area (Å²) in [6.07, 6.45) is 3.17. The predicted molar refractivity (Wildman–Crippen MR) is 81.0 cm³/mol. The molecule has 0 spiro atoms. The van der Waals surface area contributed by atoms with Crippen LogP contribution in [-0.2, 0) is 0 Å². The molecule has 7 heteroatoms. The fourth-order valence-electron chi connectivity index (χ4n) is 1.92. The molecule has 1 aromatic heterocycles. The predicted octanol–water partition coefficient (Wildman–Crippen LogP) is 2.13. The fraction of sp³-hybridized carbons (Fsp3) is 0.143. The lowest BCUT2D eigenvalue weighted by atomic mass is 10.2. The Balaban J connectivity index is 1.83. The lowest BCUT2D eigenvalue weighted by Crippen LogP contribution is -2.07. The number of anilines is 4. The molecule has 1 aliphatic heterocycles. The summed E-state index contributed by atoms with van der Waals surface area (Å²) >= 11 is 0. The minimum Gasteiger partial charge on any atom is -0.454 e. The Hall–Kier alpha value is -2.96. The summed E-state index contributed by atoms with van der Waals surface area (Å²) in [5.74, 6) is 2.51. The molecule has 21 heavy (non-hydrogen) atoms. The van der Waals surface area contributed by atoms with Crippen LogP contribution in [-0.4, -0.2) is 23.3 Å². The average Bonchev–Trinajstić information content (AvgIpc) is 2.96. The van der Waals surface area contributed by atoms with Crippen LogP contribution in [0.2, 0.25) is 0 Å². The van der Waals surface area contributed by atoms with E-state index in [9.17, 15) is 0 Å². The molecule has 4 N–H and O–H groups in total. The first-order chi connectivity index (χ1) is 10.3. The van der Waals surface area contributed by atoms with Crippen LogP contribution in [0.15, 0.2) is 37.2 Å². The van der Waals surface area contributed by atoms with Crippen molar-refractivity contribution in [3.8, 4) is 11.5 Å². The van der Waals surface area contributed by atoms with Crippen LogP contribution in [0, 0.1) is 0 Å². The molecule has 2 heterocycles. The van der Waals surface area contributed by atoms with Gasteiger partial charge >= 0.3 is 0 Å². The van der Waals surface area contributed by atoms with E-state index in [4.69, 9.17) is 15.2 Å². The molecule has 0 atom stereocenters. The number of nitrogen functional groups attached to an aromatic ring is 1. The summed E-state index contributed by atoms with van der Waals surface area (Å²) < 4.78 is 10.6. The third kappa shape index (κ3) is 2.66. The van der Waals surface area contributed by atoms with Crippen molar-refractivity contribution in [3.63, 3.8) is 0 Å². The summed E-state index contributed by atoms with van der Waals surface area (Å²) in [5, 5.41) is 6.19. The fourth-order valence-corrected chi connectivity index (χ4v) is 1.92. The summed E-state index contributed by atoms with van der Waals surface area (Å²) in [7, 11) is 0. The molecule has 0 fully saturated rings. The van der Waals surface area contributed by atoms with E-state index >= 15 is 0 Å². The van der Waals surface area contributed by atoms with Crippen LogP contribution in [0.1, 0.15) is 0 Å². The maximum atomic E-state index is 6.04. The van der Waals surface area contributed by atoms with E-state index in [-0.39, 0.29) is 6.79 Å². The van der Waals surface area contributed by atoms with Crippen LogP contribution in [0.5, 0.6) is 11.5 Å². The Labute approximate surface area is 121 Å². The first-order valence-electron chi connectivity index (χ1n) is 6.40. The Morgan fingerprint density at radius 3 is 2.90 bits per heavy atom. The molecule has 3 rings (SSSR count). The van der Waals surface area contributed by atoms with E-state index in [1.54, 1.807) is 6.08 Å². The number of hydrogen-bond acceptors (Lipinski definition) is 7. The van der Waals surface area contributed by atoms with Crippen molar-refractivity contribution in [3.05, 3.63) is 37.2 Å². The van der Waals surface area contributed by atoms with Crippen molar-refractivity contribution >= 4 is 23.0 Å². The largest absolute Gasteiger partial charge is 0.454 e. The second-order valence-corrected chi connectivity index (χ2v) is 4.35. The molecule has 0 bridgehead atoms. The zero-order valence-electron chi connectivity index (χ0n) is 11.3. The smallest absolute Gasteiger partial charge is 0.231 e. The lowest BCUT2D eigenvalue weighted by molar-refractivity contribution is 0.174. The van der Waals surface area contributed by atoms with Crippen LogP contribution in [0.25, 0.3) is 0 Å². The number of nitrogens with one attached hydrogen (secondary N) is 2. The average molecular weight is 285 g/mol. The van der Waals surface area contributed by atoms with Gasteiger partial charge in [0.2, 0.25) is 6.79 Å². The number of ether oxygens (including phenoxy) is 2. The van der Waals surface area contributed by atoms with Crippen LogP contribution in [0.4, 0.5) is 23.0 Å². The van der Waals surface area contributed by atoms with Gasteiger partial charge in [-0.1, -0.05) is 6.08 Å². The van der Waals surface area contributed by atoms with Crippen molar-refractivity contribution in [2.45, 2.75) is 0 Å². The molecule has 0 saturated carbocycles. The molecule has 0 amide bonds. The summed E-state index contributed by atoms with van der Waals surface area (Å²) in [4.78, 5) is 8.25. The molecule has 2 aromatic rings. The van der Waals surface area contributed by atoms with Crippen molar-refractivity contribution in [1.82, 2.24) is 9.97 Å². The van der Waals surface area contributed by atoms with E-state index in [0.29, 0.717) is 29.6 Å². The first-order valence-corrected chi connectivity index (χ1v) is 6.40. The van der Waals surface area contributed by atoms with Crippen molar-refractivity contribution in [2.75, 3.05) is 29.7 Å².